The maximum atomic E-state index is 5.45. The molecule has 0 unspecified atom stereocenters. The third kappa shape index (κ3) is 5.51. The van der Waals surface area contributed by atoms with Crippen molar-refractivity contribution in [3.63, 3.8) is 0 Å². The number of benzene rings is 1. The highest BCUT2D eigenvalue weighted by molar-refractivity contribution is 9.12. The standard InChI is InChI=1S/C20H24BrN7O/c21-17(14-16-6-2-1-3-7-16)15-22-26-18-23-19(27-8-4-5-9-27)25-20(24-18)28-10-12-29-13-11-28/h1-3,6-7,14-15H,4-5,8-13H2,(H,23,24,25,26). The van der Waals surface area contributed by atoms with Gasteiger partial charge in [0, 0.05) is 30.7 Å². The van der Waals surface area contributed by atoms with Gasteiger partial charge in [0.1, 0.15) is 0 Å². The fraction of sp³-hybridized carbons (Fsp3) is 0.400. The van der Waals surface area contributed by atoms with Crippen LogP contribution in [0.2, 0.25) is 0 Å². The van der Waals surface area contributed by atoms with E-state index in [9.17, 15) is 0 Å². The summed E-state index contributed by atoms with van der Waals surface area (Å²) in [5, 5.41) is 4.29. The Morgan fingerprint density at radius 2 is 1.62 bits per heavy atom. The smallest absolute Gasteiger partial charge is 0.250 e. The Kier molecular flexibility index (Phi) is 6.68. The summed E-state index contributed by atoms with van der Waals surface area (Å²) >= 11 is 3.52. The number of halogens is 1. The normalized spacial score (nSPS) is 17.9. The topological polar surface area (TPSA) is 78.8 Å². The molecule has 9 heteroatoms. The lowest BCUT2D eigenvalue weighted by molar-refractivity contribution is 0.122. The van der Waals surface area contributed by atoms with Crippen molar-refractivity contribution >= 4 is 46.1 Å². The maximum Gasteiger partial charge on any atom is 0.250 e. The number of hydrogen-bond donors (Lipinski definition) is 1. The second-order valence-electron chi connectivity index (χ2n) is 6.86. The molecule has 0 saturated carbocycles. The maximum absolute atomic E-state index is 5.45. The first-order valence-corrected chi connectivity index (χ1v) is 10.6. The molecular weight excluding hydrogens is 434 g/mol. The largest absolute Gasteiger partial charge is 0.378 e. The number of hydrazone groups is 1. The second-order valence-corrected chi connectivity index (χ2v) is 7.78. The van der Waals surface area contributed by atoms with Gasteiger partial charge >= 0.3 is 0 Å². The Balaban J connectivity index is 1.50. The van der Waals surface area contributed by atoms with Gasteiger partial charge in [-0.05, 0) is 40.4 Å². The van der Waals surface area contributed by atoms with Crippen LogP contribution < -0.4 is 15.2 Å². The number of nitrogens with one attached hydrogen (secondary N) is 1. The number of ether oxygens (including phenoxy) is 1. The molecule has 0 spiro atoms. The summed E-state index contributed by atoms with van der Waals surface area (Å²) in [6.07, 6.45) is 6.02. The summed E-state index contributed by atoms with van der Waals surface area (Å²) in [5.74, 6) is 1.82. The van der Waals surface area contributed by atoms with Gasteiger partial charge in [-0.15, -0.1) is 0 Å². The number of nitrogens with zero attached hydrogens (tertiary/aromatic N) is 6. The molecule has 4 rings (SSSR count). The molecule has 1 aromatic carbocycles. The molecule has 2 aromatic rings. The van der Waals surface area contributed by atoms with Crippen molar-refractivity contribution in [2.24, 2.45) is 5.10 Å². The van der Waals surface area contributed by atoms with E-state index in [4.69, 9.17) is 9.72 Å². The molecular formula is C20H24BrN7O. The Morgan fingerprint density at radius 1 is 0.966 bits per heavy atom. The molecule has 8 nitrogen and oxygen atoms in total. The minimum absolute atomic E-state index is 0.444. The Labute approximate surface area is 178 Å². The second kappa shape index (κ2) is 9.80. The van der Waals surface area contributed by atoms with E-state index in [0.29, 0.717) is 31.1 Å². The quantitative estimate of drug-likeness (QED) is 0.527. The van der Waals surface area contributed by atoms with Crippen LogP contribution in [0.4, 0.5) is 17.8 Å². The van der Waals surface area contributed by atoms with Crippen LogP contribution in [0, 0.1) is 0 Å². The molecule has 2 fully saturated rings. The zero-order valence-electron chi connectivity index (χ0n) is 16.2. The van der Waals surface area contributed by atoms with Gasteiger partial charge in [-0.3, -0.25) is 0 Å². The molecule has 0 aliphatic carbocycles. The first-order chi connectivity index (χ1) is 14.3. The molecule has 0 radical (unpaired) electrons. The van der Waals surface area contributed by atoms with Gasteiger partial charge in [0.15, 0.2) is 0 Å². The predicted octanol–water partition coefficient (Wildman–Crippen LogP) is 3.14. The summed E-state index contributed by atoms with van der Waals surface area (Å²) in [6.45, 7) is 4.86. The third-order valence-electron chi connectivity index (χ3n) is 4.75. The SMILES string of the molecule is BrC(C=NNc1nc(N2CCCC2)nc(N2CCOCC2)n1)=Cc1ccccc1. The predicted molar refractivity (Wildman–Crippen MR) is 120 cm³/mol. The average Bonchev–Trinajstić information content (AvgIpc) is 3.30. The lowest BCUT2D eigenvalue weighted by atomic mass is 10.2. The number of hydrogen-bond acceptors (Lipinski definition) is 8. The number of aromatic nitrogens is 3. The van der Waals surface area contributed by atoms with Gasteiger partial charge in [0.05, 0.1) is 19.4 Å². The van der Waals surface area contributed by atoms with Crippen LogP contribution in [0.3, 0.4) is 0 Å². The fourth-order valence-corrected chi connectivity index (χ4v) is 3.63. The summed E-state index contributed by atoms with van der Waals surface area (Å²) in [5.41, 5.74) is 4.05. The number of morpholine rings is 1. The monoisotopic (exact) mass is 457 g/mol. The van der Waals surface area contributed by atoms with Crippen LogP contribution in [0.1, 0.15) is 18.4 Å². The summed E-state index contributed by atoms with van der Waals surface area (Å²) in [4.78, 5) is 18.2. The molecule has 0 atom stereocenters. The van der Waals surface area contributed by atoms with E-state index in [2.05, 4.69) is 46.2 Å². The van der Waals surface area contributed by atoms with Crippen molar-refractivity contribution in [2.45, 2.75) is 12.8 Å². The van der Waals surface area contributed by atoms with Gasteiger partial charge in [0.25, 0.3) is 0 Å². The molecule has 2 aliphatic heterocycles. The molecule has 2 saturated heterocycles. The van der Waals surface area contributed by atoms with Crippen molar-refractivity contribution in [3.8, 4) is 0 Å². The van der Waals surface area contributed by atoms with Crippen LogP contribution in [-0.2, 0) is 4.74 Å². The van der Waals surface area contributed by atoms with E-state index >= 15 is 0 Å². The Hall–Kier alpha value is -2.52. The highest BCUT2D eigenvalue weighted by atomic mass is 79.9. The molecule has 1 N–H and O–H groups in total. The van der Waals surface area contributed by atoms with E-state index in [0.717, 1.165) is 49.1 Å². The highest BCUT2D eigenvalue weighted by Crippen LogP contribution is 2.21. The van der Waals surface area contributed by atoms with Crippen molar-refractivity contribution in [2.75, 3.05) is 54.6 Å². The number of allylic oxidation sites excluding steroid dienone is 1. The molecule has 152 valence electrons. The first-order valence-electron chi connectivity index (χ1n) is 9.83. The van der Waals surface area contributed by atoms with Crippen LogP contribution in [-0.4, -0.2) is 60.6 Å². The Bertz CT molecular complexity index is 862. The summed E-state index contributed by atoms with van der Waals surface area (Å²) in [6, 6.07) is 10.1. The summed E-state index contributed by atoms with van der Waals surface area (Å²) < 4.78 is 6.29. The van der Waals surface area contributed by atoms with Gasteiger partial charge < -0.3 is 14.5 Å². The zero-order chi connectivity index (χ0) is 19.9. The number of rotatable bonds is 6. The van der Waals surface area contributed by atoms with Gasteiger partial charge in [-0.2, -0.15) is 20.1 Å². The molecule has 1 aromatic heterocycles. The fourth-order valence-electron chi connectivity index (χ4n) is 3.26. The van der Waals surface area contributed by atoms with Gasteiger partial charge in [-0.25, -0.2) is 5.43 Å². The van der Waals surface area contributed by atoms with E-state index in [1.807, 2.05) is 36.4 Å². The van der Waals surface area contributed by atoms with E-state index in [1.165, 1.54) is 0 Å². The molecule has 29 heavy (non-hydrogen) atoms. The lowest BCUT2D eigenvalue weighted by Crippen LogP contribution is -2.38. The van der Waals surface area contributed by atoms with Crippen LogP contribution in [0.25, 0.3) is 6.08 Å². The molecule has 0 amide bonds. The molecule has 0 bridgehead atoms. The van der Waals surface area contributed by atoms with Crippen molar-refractivity contribution in [3.05, 3.63) is 40.4 Å². The minimum Gasteiger partial charge on any atom is -0.378 e. The van der Waals surface area contributed by atoms with Crippen molar-refractivity contribution in [1.29, 1.82) is 0 Å². The highest BCUT2D eigenvalue weighted by Gasteiger charge is 2.21. The van der Waals surface area contributed by atoms with Gasteiger partial charge in [-0.1, -0.05) is 30.3 Å². The van der Waals surface area contributed by atoms with Crippen molar-refractivity contribution < 1.29 is 4.74 Å². The molecule has 3 heterocycles. The van der Waals surface area contributed by atoms with E-state index in [1.54, 1.807) is 6.21 Å². The Morgan fingerprint density at radius 3 is 2.31 bits per heavy atom. The third-order valence-corrected chi connectivity index (χ3v) is 5.18. The van der Waals surface area contributed by atoms with Crippen LogP contribution >= 0.6 is 15.9 Å². The van der Waals surface area contributed by atoms with Crippen LogP contribution in [0.15, 0.2) is 39.9 Å². The summed E-state index contributed by atoms with van der Waals surface area (Å²) in [7, 11) is 0. The first kappa shape index (κ1) is 19.8. The number of anilines is 3. The molecule has 2 aliphatic rings. The minimum atomic E-state index is 0.444. The van der Waals surface area contributed by atoms with Crippen molar-refractivity contribution in [1.82, 2.24) is 15.0 Å². The average molecular weight is 458 g/mol. The van der Waals surface area contributed by atoms with Gasteiger partial charge in [0.2, 0.25) is 17.8 Å². The zero-order valence-corrected chi connectivity index (χ0v) is 17.8. The van der Waals surface area contributed by atoms with E-state index in [-0.39, 0.29) is 0 Å². The lowest BCUT2D eigenvalue weighted by Gasteiger charge is -2.27. The van der Waals surface area contributed by atoms with Crippen LogP contribution in [0.5, 0.6) is 0 Å². The van der Waals surface area contributed by atoms with E-state index < -0.39 is 0 Å².